The molecule has 2 nitrogen and oxygen atoms in total. The number of hydrogen-bond donors (Lipinski definition) is 1. The van der Waals surface area contributed by atoms with Crippen molar-refractivity contribution in [2.75, 3.05) is 31.1 Å². The van der Waals surface area contributed by atoms with Gasteiger partial charge in [0.1, 0.15) is 0 Å². The number of nitrogens with zero attached hydrogens (tertiary/aromatic N) is 1. The average Bonchev–Trinajstić information content (AvgIpc) is 2.36. The minimum Gasteiger partial charge on any atom is -0.311 e. The third kappa shape index (κ3) is 5.50. The molecule has 0 spiro atoms. The molecule has 108 valence electrons. The van der Waals surface area contributed by atoms with Crippen LogP contribution in [0.4, 0.5) is 0 Å². The van der Waals surface area contributed by atoms with Crippen LogP contribution in [0.1, 0.15) is 47.0 Å². The maximum Gasteiger partial charge on any atom is 0.0221 e. The molecule has 1 fully saturated rings. The third-order valence-electron chi connectivity index (χ3n) is 3.93. The van der Waals surface area contributed by atoms with E-state index in [4.69, 9.17) is 0 Å². The zero-order chi connectivity index (χ0) is 13.4. The fraction of sp³-hybridized carbons (Fsp3) is 1.00. The van der Waals surface area contributed by atoms with Crippen molar-refractivity contribution in [1.29, 1.82) is 0 Å². The van der Waals surface area contributed by atoms with Gasteiger partial charge in [0.15, 0.2) is 0 Å². The SMILES string of the molecule is CCCC1CNC(C(C)C)CN1CCCSCC. The summed E-state index contributed by atoms with van der Waals surface area (Å²) in [5.74, 6) is 3.33. The number of piperazine rings is 1. The normalized spacial score (nSPS) is 25.8. The third-order valence-corrected chi connectivity index (χ3v) is 4.91. The van der Waals surface area contributed by atoms with E-state index in [1.54, 1.807) is 0 Å². The molecule has 18 heavy (non-hydrogen) atoms. The summed E-state index contributed by atoms with van der Waals surface area (Å²) in [6.45, 7) is 13.0. The van der Waals surface area contributed by atoms with Gasteiger partial charge in [-0.15, -0.1) is 0 Å². The molecule has 0 aromatic heterocycles. The molecule has 0 aromatic rings. The van der Waals surface area contributed by atoms with Gasteiger partial charge in [-0.1, -0.05) is 34.1 Å². The van der Waals surface area contributed by atoms with Crippen LogP contribution >= 0.6 is 11.8 Å². The number of thioether (sulfide) groups is 1. The molecule has 2 atom stereocenters. The molecule has 3 heteroatoms. The first-order chi connectivity index (χ1) is 8.69. The van der Waals surface area contributed by atoms with Crippen LogP contribution in [-0.4, -0.2) is 48.1 Å². The fourth-order valence-electron chi connectivity index (χ4n) is 2.74. The number of nitrogens with one attached hydrogen (secondary N) is 1. The Kier molecular flexibility index (Phi) is 8.36. The molecule has 1 saturated heterocycles. The highest BCUT2D eigenvalue weighted by atomic mass is 32.2. The van der Waals surface area contributed by atoms with E-state index in [9.17, 15) is 0 Å². The quantitative estimate of drug-likeness (QED) is 0.683. The van der Waals surface area contributed by atoms with Gasteiger partial charge in [-0.05, 0) is 36.8 Å². The largest absolute Gasteiger partial charge is 0.311 e. The van der Waals surface area contributed by atoms with E-state index in [2.05, 4.69) is 49.7 Å². The van der Waals surface area contributed by atoms with Crippen LogP contribution in [0.15, 0.2) is 0 Å². The van der Waals surface area contributed by atoms with E-state index >= 15 is 0 Å². The van der Waals surface area contributed by atoms with Crippen molar-refractivity contribution in [2.24, 2.45) is 5.92 Å². The molecule has 2 unspecified atom stereocenters. The van der Waals surface area contributed by atoms with Gasteiger partial charge in [0.25, 0.3) is 0 Å². The Labute approximate surface area is 118 Å². The Morgan fingerprint density at radius 2 is 2.11 bits per heavy atom. The molecule has 0 bridgehead atoms. The van der Waals surface area contributed by atoms with Gasteiger partial charge in [0, 0.05) is 25.2 Å². The molecule has 1 aliphatic heterocycles. The molecule has 0 aromatic carbocycles. The van der Waals surface area contributed by atoms with Crippen LogP contribution in [0.3, 0.4) is 0 Å². The van der Waals surface area contributed by atoms with Gasteiger partial charge in [-0.2, -0.15) is 11.8 Å². The topological polar surface area (TPSA) is 15.3 Å². The van der Waals surface area contributed by atoms with Gasteiger partial charge in [0.2, 0.25) is 0 Å². The Balaban J connectivity index is 2.39. The molecule has 1 aliphatic rings. The maximum atomic E-state index is 3.74. The van der Waals surface area contributed by atoms with Crippen LogP contribution in [0.2, 0.25) is 0 Å². The first-order valence-electron chi connectivity index (χ1n) is 7.74. The minimum absolute atomic E-state index is 0.692. The lowest BCUT2D eigenvalue weighted by Crippen LogP contribution is -2.58. The summed E-state index contributed by atoms with van der Waals surface area (Å²) in [6, 6.07) is 1.47. The van der Waals surface area contributed by atoms with Gasteiger partial charge in [-0.25, -0.2) is 0 Å². The molecule has 0 amide bonds. The summed E-state index contributed by atoms with van der Waals surface area (Å²) in [4.78, 5) is 2.75. The van der Waals surface area contributed by atoms with E-state index in [0.29, 0.717) is 6.04 Å². The lowest BCUT2D eigenvalue weighted by Gasteiger charge is -2.42. The molecular weight excluding hydrogens is 240 g/mol. The summed E-state index contributed by atoms with van der Waals surface area (Å²) in [5.41, 5.74) is 0. The van der Waals surface area contributed by atoms with Gasteiger partial charge in [0.05, 0.1) is 0 Å². The van der Waals surface area contributed by atoms with E-state index in [1.807, 2.05) is 0 Å². The predicted molar refractivity (Wildman–Crippen MR) is 84.5 cm³/mol. The molecule has 0 aliphatic carbocycles. The van der Waals surface area contributed by atoms with Crippen molar-refractivity contribution >= 4 is 11.8 Å². The second-order valence-electron chi connectivity index (χ2n) is 5.75. The molecular formula is C15H32N2S. The Bertz CT molecular complexity index is 209. The number of rotatable bonds is 8. The van der Waals surface area contributed by atoms with E-state index in [0.717, 1.165) is 12.0 Å². The van der Waals surface area contributed by atoms with Crippen molar-refractivity contribution in [2.45, 2.75) is 59.0 Å². The van der Waals surface area contributed by atoms with Crippen LogP contribution in [0.25, 0.3) is 0 Å². The van der Waals surface area contributed by atoms with Gasteiger partial charge < -0.3 is 5.32 Å². The summed E-state index contributed by atoms with van der Waals surface area (Å²) in [6.07, 6.45) is 4.00. The van der Waals surface area contributed by atoms with Crippen molar-refractivity contribution < 1.29 is 0 Å². The Morgan fingerprint density at radius 1 is 1.33 bits per heavy atom. The maximum absolute atomic E-state index is 3.74. The average molecular weight is 273 g/mol. The smallest absolute Gasteiger partial charge is 0.0221 e. The fourth-order valence-corrected chi connectivity index (χ4v) is 3.36. The Morgan fingerprint density at radius 3 is 2.72 bits per heavy atom. The highest BCUT2D eigenvalue weighted by molar-refractivity contribution is 7.99. The van der Waals surface area contributed by atoms with Crippen molar-refractivity contribution in [1.82, 2.24) is 10.2 Å². The van der Waals surface area contributed by atoms with Crippen LogP contribution in [0.5, 0.6) is 0 Å². The zero-order valence-electron chi connectivity index (χ0n) is 12.7. The highest BCUT2D eigenvalue weighted by Crippen LogP contribution is 2.17. The summed E-state index contributed by atoms with van der Waals surface area (Å²) < 4.78 is 0. The molecule has 1 heterocycles. The first-order valence-corrected chi connectivity index (χ1v) is 8.89. The van der Waals surface area contributed by atoms with E-state index in [1.165, 1.54) is 50.4 Å². The van der Waals surface area contributed by atoms with Crippen molar-refractivity contribution in [3.05, 3.63) is 0 Å². The second kappa shape index (κ2) is 9.22. The van der Waals surface area contributed by atoms with Crippen LogP contribution in [0, 0.1) is 5.92 Å². The monoisotopic (exact) mass is 272 g/mol. The Hall–Kier alpha value is 0.270. The lowest BCUT2D eigenvalue weighted by atomic mass is 9.97. The first kappa shape index (κ1) is 16.3. The van der Waals surface area contributed by atoms with Gasteiger partial charge in [-0.3, -0.25) is 4.90 Å². The summed E-state index contributed by atoms with van der Waals surface area (Å²) >= 11 is 2.08. The molecule has 0 saturated carbocycles. The second-order valence-corrected chi connectivity index (χ2v) is 7.14. The van der Waals surface area contributed by atoms with Crippen molar-refractivity contribution in [3.63, 3.8) is 0 Å². The summed E-state index contributed by atoms with van der Waals surface area (Å²) in [5, 5.41) is 3.74. The van der Waals surface area contributed by atoms with Gasteiger partial charge >= 0.3 is 0 Å². The molecule has 1 N–H and O–H groups in total. The lowest BCUT2D eigenvalue weighted by molar-refractivity contribution is 0.107. The number of hydrogen-bond acceptors (Lipinski definition) is 3. The molecule has 1 rings (SSSR count). The van der Waals surface area contributed by atoms with E-state index < -0.39 is 0 Å². The highest BCUT2D eigenvalue weighted by Gasteiger charge is 2.28. The van der Waals surface area contributed by atoms with Crippen LogP contribution in [-0.2, 0) is 0 Å². The predicted octanol–water partition coefficient (Wildman–Crippen LogP) is 3.23. The minimum atomic E-state index is 0.692. The zero-order valence-corrected chi connectivity index (χ0v) is 13.6. The summed E-state index contributed by atoms with van der Waals surface area (Å²) in [7, 11) is 0. The molecule has 0 radical (unpaired) electrons. The van der Waals surface area contributed by atoms with E-state index in [-0.39, 0.29) is 0 Å². The van der Waals surface area contributed by atoms with Crippen LogP contribution < -0.4 is 5.32 Å². The van der Waals surface area contributed by atoms with Crippen molar-refractivity contribution in [3.8, 4) is 0 Å². The standard InChI is InChI=1S/C15H32N2S/c1-5-8-14-11-16-15(13(3)4)12-17(14)9-7-10-18-6-2/h13-16H,5-12H2,1-4H3.